The van der Waals surface area contributed by atoms with Crippen molar-refractivity contribution in [1.82, 2.24) is 0 Å². The van der Waals surface area contributed by atoms with E-state index in [4.69, 9.17) is 4.74 Å². The van der Waals surface area contributed by atoms with Crippen molar-refractivity contribution in [2.45, 2.75) is 20.3 Å². The molecular formula is C23H23NO3. The molecule has 3 aromatic carbocycles. The summed E-state index contributed by atoms with van der Waals surface area (Å²) in [6, 6.07) is 20.7. The number of carbonyl (C=O) groups excluding carboxylic acids is 2. The lowest BCUT2D eigenvalue weighted by molar-refractivity contribution is -0.115. The van der Waals surface area contributed by atoms with Crippen LogP contribution < -0.4 is 5.32 Å². The van der Waals surface area contributed by atoms with E-state index in [1.165, 1.54) is 0 Å². The van der Waals surface area contributed by atoms with Crippen molar-refractivity contribution >= 4 is 28.3 Å². The molecule has 0 aliphatic carbocycles. The lowest BCUT2D eigenvalue weighted by atomic mass is 10.0. The van der Waals surface area contributed by atoms with Gasteiger partial charge in [-0.2, -0.15) is 0 Å². The van der Waals surface area contributed by atoms with Gasteiger partial charge in [0, 0.05) is 5.69 Å². The van der Waals surface area contributed by atoms with Gasteiger partial charge in [-0.25, -0.2) is 4.79 Å². The van der Waals surface area contributed by atoms with Gasteiger partial charge in [-0.3, -0.25) is 4.79 Å². The van der Waals surface area contributed by atoms with Crippen molar-refractivity contribution in [3.8, 4) is 0 Å². The van der Waals surface area contributed by atoms with E-state index >= 15 is 0 Å². The van der Waals surface area contributed by atoms with E-state index in [-0.39, 0.29) is 11.9 Å². The first-order valence-electron chi connectivity index (χ1n) is 9.06. The molecule has 1 N–H and O–H groups in total. The number of hydrogen-bond acceptors (Lipinski definition) is 3. The largest absolute Gasteiger partial charge is 0.462 e. The highest BCUT2D eigenvalue weighted by Gasteiger charge is 2.10. The zero-order valence-electron chi connectivity index (χ0n) is 15.6. The third-order valence-corrected chi connectivity index (χ3v) is 4.18. The molecule has 0 aromatic heterocycles. The van der Waals surface area contributed by atoms with E-state index in [0.29, 0.717) is 30.2 Å². The molecule has 0 saturated heterocycles. The van der Waals surface area contributed by atoms with Crippen LogP contribution in [0.3, 0.4) is 0 Å². The minimum atomic E-state index is -0.350. The maximum absolute atomic E-state index is 12.4. The van der Waals surface area contributed by atoms with Crippen LogP contribution in [0, 0.1) is 5.92 Å². The number of esters is 1. The summed E-state index contributed by atoms with van der Waals surface area (Å²) in [5.74, 6) is -0.152. The normalized spacial score (nSPS) is 10.8. The highest BCUT2D eigenvalue weighted by atomic mass is 16.5. The summed E-state index contributed by atoms with van der Waals surface area (Å²) in [4.78, 5) is 24.4. The van der Waals surface area contributed by atoms with Crippen LogP contribution in [0.25, 0.3) is 10.8 Å². The number of benzene rings is 3. The Morgan fingerprint density at radius 2 is 1.63 bits per heavy atom. The number of fused-ring (bicyclic) bond motifs is 1. The molecule has 0 saturated carbocycles. The quantitative estimate of drug-likeness (QED) is 0.640. The fourth-order valence-electron chi connectivity index (χ4n) is 2.84. The molecule has 0 aliphatic rings. The molecule has 0 spiro atoms. The Morgan fingerprint density at radius 3 is 2.37 bits per heavy atom. The standard InChI is InChI=1S/C23H23NO3/c1-16(2)15-27-23(26)18-10-12-20(13-11-18)24-22(25)14-19-8-5-7-17-6-3-4-9-21(17)19/h3-13,16H,14-15H2,1-2H3,(H,24,25). The van der Waals surface area contributed by atoms with Gasteiger partial charge in [0.25, 0.3) is 0 Å². The summed E-state index contributed by atoms with van der Waals surface area (Å²) in [6.45, 7) is 4.37. The van der Waals surface area contributed by atoms with Crippen molar-refractivity contribution in [3.05, 3.63) is 77.9 Å². The molecule has 0 aliphatic heterocycles. The molecule has 0 fully saturated rings. The number of nitrogens with one attached hydrogen (secondary N) is 1. The smallest absolute Gasteiger partial charge is 0.338 e. The van der Waals surface area contributed by atoms with Gasteiger partial charge >= 0.3 is 5.97 Å². The SMILES string of the molecule is CC(C)COC(=O)c1ccc(NC(=O)Cc2cccc3ccccc23)cc1. The Morgan fingerprint density at radius 1 is 0.926 bits per heavy atom. The van der Waals surface area contributed by atoms with Crippen molar-refractivity contribution in [2.24, 2.45) is 5.92 Å². The van der Waals surface area contributed by atoms with Crippen LogP contribution in [0.1, 0.15) is 29.8 Å². The number of anilines is 1. The van der Waals surface area contributed by atoms with Crippen LogP contribution in [-0.4, -0.2) is 18.5 Å². The van der Waals surface area contributed by atoms with Gasteiger partial charge in [0.1, 0.15) is 0 Å². The maximum atomic E-state index is 12.4. The van der Waals surface area contributed by atoms with Crippen LogP contribution in [0.15, 0.2) is 66.7 Å². The molecule has 0 radical (unpaired) electrons. The highest BCUT2D eigenvalue weighted by Crippen LogP contribution is 2.19. The average molecular weight is 361 g/mol. The fraction of sp³-hybridized carbons (Fsp3) is 0.217. The second-order valence-corrected chi connectivity index (χ2v) is 6.93. The van der Waals surface area contributed by atoms with Crippen molar-refractivity contribution in [2.75, 3.05) is 11.9 Å². The molecule has 0 bridgehead atoms. The van der Waals surface area contributed by atoms with Crippen LogP contribution in [0.5, 0.6) is 0 Å². The molecule has 0 atom stereocenters. The lowest BCUT2D eigenvalue weighted by Crippen LogP contribution is -2.15. The molecule has 1 amide bonds. The van der Waals surface area contributed by atoms with Gasteiger partial charge in [0.2, 0.25) is 5.91 Å². The summed E-state index contributed by atoms with van der Waals surface area (Å²) in [5.41, 5.74) is 2.11. The zero-order chi connectivity index (χ0) is 19.2. The summed E-state index contributed by atoms with van der Waals surface area (Å²) >= 11 is 0. The van der Waals surface area contributed by atoms with Crippen molar-refractivity contribution < 1.29 is 14.3 Å². The second-order valence-electron chi connectivity index (χ2n) is 6.93. The Balaban J connectivity index is 1.63. The Bertz CT molecular complexity index is 940. The first-order chi connectivity index (χ1) is 13.0. The lowest BCUT2D eigenvalue weighted by Gasteiger charge is -2.09. The molecule has 138 valence electrons. The van der Waals surface area contributed by atoms with Gasteiger partial charge in [-0.1, -0.05) is 56.3 Å². The summed E-state index contributed by atoms with van der Waals surface area (Å²) in [6.07, 6.45) is 0.291. The van der Waals surface area contributed by atoms with E-state index in [1.54, 1.807) is 24.3 Å². The third-order valence-electron chi connectivity index (χ3n) is 4.18. The van der Waals surface area contributed by atoms with Gasteiger partial charge in [-0.05, 0) is 46.5 Å². The van der Waals surface area contributed by atoms with Gasteiger partial charge in [0.15, 0.2) is 0 Å². The number of rotatable bonds is 6. The number of ether oxygens (including phenoxy) is 1. The molecule has 3 aromatic rings. The summed E-state index contributed by atoms with van der Waals surface area (Å²) < 4.78 is 5.20. The number of carbonyl (C=O) groups is 2. The van der Waals surface area contributed by atoms with Crippen molar-refractivity contribution in [3.63, 3.8) is 0 Å². The minimum Gasteiger partial charge on any atom is -0.462 e. The van der Waals surface area contributed by atoms with E-state index in [2.05, 4.69) is 5.32 Å². The van der Waals surface area contributed by atoms with Crippen molar-refractivity contribution in [1.29, 1.82) is 0 Å². The molecule has 4 heteroatoms. The van der Waals surface area contributed by atoms with Crippen LogP contribution in [0.4, 0.5) is 5.69 Å². The van der Waals surface area contributed by atoms with Crippen LogP contribution in [0.2, 0.25) is 0 Å². The summed E-state index contributed by atoms with van der Waals surface area (Å²) in [5, 5.41) is 5.08. The average Bonchev–Trinajstić information content (AvgIpc) is 2.67. The van der Waals surface area contributed by atoms with Crippen LogP contribution in [-0.2, 0) is 16.0 Å². The monoisotopic (exact) mass is 361 g/mol. The molecule has 0 unspecified atom stereocenters. The van der Waals surface area contributed by atoms with E-state index in [1.807, 2.05) is 56.3 Å². The van der Waals surface area contributed by atoms with Gasteiger partial charge in [-0.15, -0.1) is 0 Å². The zero-order valence-corrected chi connectivity index (χ0v) is 15.6. The first kappa shape index (κ1) is 18.6. The fourth-order valence-corrected chi connectivity index (χ4v) is 2.84. The minimum absolute atomic E-state index is 0.0958. The molecule has 27 heavy (non-hydrogen) atoms. The first-order valence-corrected chi connectivity index (χ1v) is 9.06. The predicted molar refractivity (Wildman–Crippen MR) is 108 cm³/mol. The van der Waals surface area contributed by atoms with E-state index in [0.717, 1.165) is 16.3 Å². The topological polar surface area (TPSA) is 55.4 Å². The Hall–Kier alpha value is -3.14. The number of amides is 1. The van der Waals surface area contributed by atoms with Gasteiger partial charge in [0.05, 0.1) is 18.6 Å². The van der Waals surface area contributed by atoms with Gasteiger partial charge < -0.3 is 10.1 Å². The highest BCUT2D eigenvalue weighted by molar-refractivity contribution is 5.96. The van der Waals surface area contributed by atoms with E-state index in [9.17, 15) is 9.59 Å². The Labute approximate surface area is 159 Å². The third kappa shape index (κ3) is 4.94. The predicted octanol–water partition coefficient (Wildman–Crippen LogP) is 4.83. The number of hydrogen-bond donors (Lipinski definition) is 1. The molecular weight excluding hydrogens is 338 g/mol. The van der Waals surface area contributed by atoms with E-state index < -0.39 is 0 Å². The second kappa shape index (κ2) is 8.49. The van der Waals surface area contributed by atoms with Crippen LogP contribution >= 0.6 is 0 Å². The molecule has 4 nitrogen and oxygen atoms in total. The molecule has 0 heterocycles. The Kier molecular flexibility index (Phi) is 5.87. The summed E-state index contributed by atoms with van der Waals surface area (Å²) in [7, 11) is 0. The molecule has 3 rings (SSSR count). The maximum Gasteiger partial charge on any atom is 0.338 e.